The molecule has 0 spiro atoms. The Labute approximate surface area is 146 Å². The summed E-state index contributed by atoms with van der Waals surface area (Å²) < 4.78 is 7.76. The number of hydrogen-bond donors (Lipinski definition) is 1. The van der Waals surface area contributed by atoms with Crippen molar-refractivity contribution < 1.29 is 9.21 Å². The number of amides is 1. The minimum Gasteiger partial charge on any atom is -0.451 e. The number of carbonyl (C=O) groups is 1. The quantitative estimate of drug-likeness (QED) is 0.776. The van der Waals surface area contributed by atoms with Crippen LogP contribution in [0.4, 0.5) is 0 Å². The van der Waals surface area contributed by atoms with Gasteiger partial charge in [-0.3, -0.25) is 9.48 Å². The summed E-state index contributed by atoms with van der Waals surface area (Å²) in [4.78, 5) is 14.8. The van der Waals surface area contributed by atoms with Crippen LogP contribution in [0.5, 0.6) is 0 Å². The first-order chi connectivity index (χ1) is 12.2. The van der Waals surface area contributed by atoms with Gasteiger partial charge >= 0.3 is 0 Å². The summed E-state index contributed by atoms with van der Waals surface area (Å²) in [6.45, 7) is 3.26. The minimum absolute atomic E-state index is 0.0646. The SMILES string of the molecule is CN(CC1CCNC1)C(=O)c1oc2ccccc2c1Cn1cccn1. The monoisotopic (exact) mass is 338 g/mol. The van der Waals surface area contributed by atoms with Crippen LogP contribution >= 0.6 is 0 Å². The van der Waals surface area contributed by atoms with E-state index in [1.54, 1.807) is 11.1 Å². The van der Waals surface area contributed by atoms with Gasteiger partial charge in [0.2, 0.25) is 0 Å². The summed E-state index contributed by atoms with van der Waals surface area (Å²) in [5.41, 5.74) is 1.63. The maximum absolute atomic E-state index is 13.0. The first-order valence-corrected chi connectivity index (χ1v) is 8.66. The van der Waals surface area contributed by atoms with E-state index >= 15 is 0 Å². The molecule has 1 atom stereocenters. The van der Waals surface area contributed by atoms with E-state index in [-0.39, 0.29) is 5.91 Å². The molecule has 25 heavy (non-hydrogen) atoms. The van der Waals surface area contributed by atoms with Crippen LogP contribution in [0.15, 0.2) is 47.1 Å². The molecule has 0 aliphatic carbocycles. The Kier molecular flexibility index (Phi) is 4.28. The summed E-state index contributed by atoms with van der Waals surface area (Å²) in [5.74, 6) is 0.864. The van der Waals surface area contributed by atoms with E-state index in [1.165, 1.54) is 0 Å². The summed E-state index contributed by atoms with van der Waals surface area (Å²) in [6.07, 6.45) is 4.74. The molecule has 1 fully saturated rings. The number of nitrogens with one attached hydrogen (secondary N) is 1. The van der Waals surface area contributed by atoms with E-state index in [1.807, 2.05) is 48.3 Å². The van der Waals surface area contributed by atoms with Gasteiger partial charge < -0.3 is 14.6 Å². The highest BCUT2D eigenvalue weighted by Gasteiger charge is 2.26. The topological polar surface area (TPSA) is 63.3 Å². The fourth-order valence-electron chi connectivity index (χ4n) is 3.50. The lowest BCUT2D eigenvalue weighted by atomic mass is 10.1. The molecule has 1 amide bonds. The summed E-state index contributed by atoms with van der Waals surface area (Å²) in [6, 6.07) is 9.66. The van der Waals surface area contributed by atoms with Gasteiger partial charge in [0.05, 0.1) is 6.54 Å². The van der Waals surface area contributed by atoms with Crippen LogP contribution in [0.2, 0.25) is 0 Å². The van der Waals surface area contributed by atoms with Crippen LogP contribution in [-0.4, -0.2) is 47.3 Å². The van der Waals surface area contributed by atoms with Gasteiger partial charge in [-0.25, -0.2) is 0 Å². The number of furan rings is 1. The zero-order valence-electron chi connectivity index (χ0n) is 14.3. The third-order valence-corrected chi connectivity index (χ3v) is 4.81. The number of fused-ring (bicyclic) bond motifs is 1. The molecule has 1 saturated heterocycles. The summed E-state index contributed by atoms with van der Waals surface area (Å²) in [5, 5.41) is 8.58. The van der Waals surface area contributed by atoms with Crippen LogP contribution in [0.1, 0.15) is 22.5 Å². The van der Waals surface area contributed by atoms with Crippen molar-refractivity contribution in [2.24, 2.45) is 5.92 Å². The smallest absolute Gasteiger partial charge is 0.289 e. The second-order valence-corrected chi connectivity index (χ2v) is 6.65. The van der Waals surface area contributed by atoms with Crippen LogP contribution < -0.4 is 5.32 Å². The molecule has 4 rings (SSSR count). The average Bonchev–Trinajstić information content (AvgIpc) is 3.36. The van der Waals surface area contributed by atoms with Gasteiger partial charge in [0.15, 0.2) is 5.76 Å². The molecule has 3 aromatic rings. The Balaban J connectivity index is 1.66. The van der Waals surface area contributed by atoms with Crippen molar-refractivity contribution in [3.8, 4) is 0 Å². The molecule has 1 N–H and O–H groups in total. The maximum Gasteiger partial charge on any atom is 0.289 e. The molecule has 1 aromatic carbocycles. The molecule has 1 aliphatic rings. The third kappa shape index (κ3) is 3.17. The van der Waals surface area contributed by atoms with E-state index < -0.39 is 0 Å². The van der Waals surface area contributed by atoms with E-state index in [2.05, 4.69) is 10.4 Å². The lowest BCUT2D eigenvalue weighted by molar-refractivity contribution is 0.0745. The number of aromatic nitrogens is 2. The predicted molar refractivity (Wildman–Crippen MR) is 95.5 cm³/mol. The molecular formula is C19H22N4O2. The third-order valence-electron chi connectivity index (χ3n) is 4.81. The standard InChI is InChI=1S/C19H22N4O2/c1-22(12-14-7-9-20-11-14)19(24)18-16(13-23-10-4-8-21-23)15-5-2-3-6-17(15)25-18/h2-6,8,10,14,20H,7,9,11-13H2,1H3. The van der Waals surface area contributed by atoms with Crippen LogP contribution in [-0.2, 0) is 6.54 Å². The number of benzene rings is 1. The minimum atomic E-state index is -0.0646. The van der Waals surface area contributed by atoms with E-state index in [0.29, 0.717) is 18.2 Å². The van der Waals surface area contributed by atoms with E-state index in [0.717, 1.165) is 42.6 Å². The second kappa shape index (κ2) is 6.72. The van der Waals surface area contributed by atoms with Gasteiger partial charge in [-0.15, -0.1) is 0 Å². The highest BCUT2D eigenvalue weighted by Crippen LogP contribution is 2.28. The Hall–Kier alpha value is -2.60. The first kappa shape index (κ1) is 15.9. The van der Waals surface area contributed by atoms with Gasteiger partial charge in [0.25, 0.3) is 5.91 Å². The maximum atomic E-state index is 13.0. The molecule has 130 valence electrons. The van der Waals surface area contributed by atoms with Crippen molar-refractivity contribution in [2.75, 3.05) is 26.7 Å². The molecular weight excluding hydrogens is 316 g/mol. The van der Waals surface area contributed by atoms with Crippen LogP contribution in [0.25, 0.3) is 11.0 Å². The van der Waals surface area contributed by atoms with Crippen molar-refractivity contribution >= 4 is 16.9 Å². The van der Waals surface area contributed by atoms with Crippen molar-refractivity contribution in [2.45, 2.75) is 13.0 Å². The molecule has 3 heterocycles. The zero-order chi connectivity index (χ0) is 17.2. The molecule has 6 nitrogen and oxygen atoms in total. The van der Waals surface area contributed by atoms with E-state index in [9.17, 15) is 4.79 Å². The normalized spacial score (nSPS) is 17.2. The number of para-hydroxylation sites is 1. The van der Waals surface area contributed by atoms with Crippen LogP contribution in [0, 0.1) is 5.92 Å². The Morgan fingerprint density at radius 2 is 2.28 bits per heavy atom. The van der Waals surface area contributed by atoms with E-state index in [4.69, 9.17) is 4.42 Å². The van der Waals surface area contributed by atoms with Crippen molar-refractivity contribution in [3.05, 3.63) is 54.0 Å². The largest absolute Gasteiger partial charge is 0.451 e. The van der Waals surface area contributed by atoms with Crippen molar-refractivity contribution in [3.63, 3.8) is 0 Å². The van der Waals surface area contributed by atoms with Gasteiger partial charge in [-0.05, 0) is 37.6 Å². The molecule has 1 aliphatic heterocycles. The molecule has 6 heteroatoms. The zero-order valence-corrected chi connectivity index (χ0v) is 14.3. The number of nitrogens with zero attached hydrogens (tertiary/aromatic N) is 3. The van der Waals surface area contributed by atoms with Gasteiger partial charge in [0.1, 0.15) is 5.58 Å². The summed E-state index contributed by atoms with van der Waals surface area (Å²) in [7, 11) is 1.85. The fourth-order valence-corrected chi connectivity index (χ4v) is 3.50. The molecule has 1 unspecified atom stereocenters. The number of rotatable bonds is 5. The van der Waals surface area contributed by atoms with Crippen molar-refractivity contribution in [1.29, 1.82) is 0 Å². The molecule has 0 saturated carbocycles. The molecule has 0 radical (unpaired) electrons. The predicted octanol–water partition coefficient (Wildman–Crippen LogP) is 2.36. The Bertz CT molecular complexity index is 863. The van der Waals surface area contributed by atoms with Gasteiger partial charge in [-0.2, -0.15) is 5.10 Å². The fraction of sp³-hybridized carbons (Fsp3) is 0.368. The first-order valence-electron chi connectivity index (χ1n) is 8.66. The van der Waals surface area contributed by atoms with Crippen molar-refractivity contribution in [1.82, 2.24) is 20.0 Å². The van der Waals surface area contributed by atoms with Gasteiger partial charge in [-0.1, -0.05) is 18.2 Å². The summed E-state index contributed by atoms with van der Waals surface area (Å²) >= 11 is 0. The second-order valence-electron chi connectivity index (χ2n) is 6.65. The lowest BCUT2D eigenvalue weighted by Crippen LogP contribution is -2.33. The number of hydrogen-bond acceptors (Lipinski definition) is 4. The highest BCUT2D eigenvalue weighted by atomic mass is 16.3. The highest BCUT2D eigenvalue weighted by molar-refractivity contribution is 5.99. The lowest BCUT2D eigenvalue weighted by Gasteiger charge is -2.20. The van der Waals surface area contributed by atoms with Crippen LogP contribution in [0.3, 0.4) is 0 Å². The Morgan fingerprint density at radius 3 is 3.04 bits per heavy atom. The molecule has 0 bridgehead atoms. The number of carbonyl (C=O) groups excluding carboxylic acids is 1. The van der Waals surface area contributed by atoms with Gasteiger partial charge in [0, 0.05) is 36.9 Å². The molecule has 2 aromatic heterocycles. The Morgan fingerprint density at radius 1 is 1.40 bits per heavy atom. The average molecular weight is 338 g/mol.